The number of hydrogen-bond donors (Lipinski definition) is 2. The highest BCUT2D eigenvalue weighted by Crippen LogP contribution is 2.33. The summed E-state index contributed by atoms with van der Waals surface area (Å²) in [5.74, 6) is 1.11. The van der Waals surface area contributed by atoms with Crippen LogP contribution in [-0.4, -0.2) is 22.2 Å². The maximum atomic E-state index is 12.7. The van der Waals surface area contributed by atoms with Crippen molar-refractivity contribution in [2.75, 3.05) is 7.11 Å². The zero-order valence-corrected chi connectivity index (χ0v) is 14.0. The maximum absolute atomic E-state index is 12.7. The van der Waals surface area contributed by atoms with Crippen molar-refractivity contribution < 1.29 is 14.3 Å². The molecular weight excluding hydrogens is 332 g/mol. The molecule has 26 heavy (non-hydrogen) atoms. The number of oxazole rings is 1. The third kappa shape index (κ3) is 2.76. The van der Waals surface area contributed by atoms with Gasteiger partial charge in [-0.3, -0.25) is 4.79 Å². The van der Waals surface area contributed by atoms with Crippen molar-refractivity contribution in [3.05, 3.63) is 70.8 Å². The molecule has 0 unspecified atom stereocenters. The van der Waals surface area contributed by atoms with Gasteiger partial charge in [0.05, 0.1) is 31.0 Å². The number of aliphatic hydroxyl groups excluding tert-OH is 1. The summed E-state index contributed by atoms with van der Waals surface area (Å²) in [6.45, 7) is -0.0555. The Hall–Kier alpha value is -3.38. The maximum Gasteiger partial charge on any atom is 0.190 e. The molecule has 6 nitrogen and oxygen atoms in total. The normalized spacial score (nSPS) is 11.0. The average molecular weight is 348 g/mol. The number of methoxy groups -OCH3 is 1. The Morgan fingerprint density at radius 2 is 2.12 bits per heavy atom. The fourth-order valence-corrected chi connectivity index (χ4v) is 2.98. The number of pyridine rings is 1. The molecule has 0 radical (unpaired) electrons. The van der Waals surface area contributed by atoms with Crippen molar-refractivity contribution in [2.45, 2.75) is 6.61 Å². The van der Waals surface area contributed by atoms with Crippen LogP contribution in [0.4, 0.5) is 0 Å². The topological polar surface area (TPSA) is 88.4 Å². The number of hydrogen-bond acceptors (Lipinski definition) is 5. The van der Waals surface area contributed by atoms with Gasteiger partial charge in [-0.05, 0) is 23.3 Å². The molecular formula is C20H16N2O4. The fraction of sp³-hybridized carbons (Fsp3) is 0.100. The lowest BCUT2D eigenvalue weighted by Crippen LogP contribution is -2.04. The van der Waals surface area contributed by atoms with Gasteiger partial charge in [-0.15, -0.1) is 0 Å². The minimum Gasteiger partial charge on any atom is -0.496 e. The van der Waals surface area contributed by atoms with E-state index in [0.717, 1.165) is 11.1 Å². The lowest BCUT2D eigenvalue weighted by atomic mass is 10.0. The van der Waals surface area contributed by atoms with Gasteiger partial charge >= 0.3 is 0 Å². The van der Waals surface area contributed by atoms with E-state index < -0.39 is 0 Å². The number of aromatic amines is 1. The molecule has 6 heteroatoms. The molecule has 0 aliphatic heterocycles. The van der Waals surface area contributed by atoms with Crippen LogP contribution >= 0.6 is 0 Å². The van der Waals surface area contributed by atoms with E-state index in [0.29, 0.717) is 33.7 Å². The van der Waals surface area contributed by atoms with Crippen molar-refractivity contribution in [1.82, 2.24) is 9.97 Å². The molecule has 0 bridgehead atoms. The SMILES string of the molecule is COc1cc2[nH]c(-c3cccc(CO)c3)cc(=O)c2cc1-c1cnco1. The van der Waals surface area contributed by atoms with Gasteiger partial charge in [-0.25, -0.2) is 4.98 Å². The quantitative estimate of drug-likeness (QED) is 0.590. The summed E-state index contributed by atoms with van der Waals surface area (Å²) in [6.07, 6.45) is 2.91. The van der Waals surface area contributed by atoms with E-state index in [1.165, 1.54) is 6.39 Å². The Morgan fingerprint density at radius 3 is 2.85 bits per heavy atom. The number of ether oxygens (including phenoxy) is 1. The zero-order chi connectivity index (χ0) is 18.1. The van der Waals surface area contributed by atoms with Crippen molar-refractivity contribution in [1.29, 1.82) is 0 Å². The number of benzene rings is 2. The van der Waals surface area contributed by atoms with Crippen LogP contribution in [0.25, 0.3) is 33.5 Å². The van der Waals surface area contributed by atoms with Crippen LogP contribution in [-0.2, 0) is 6.61 Å². The van der Waals surface area contributed by atoms with Gasteiger partial charge in [-0.1, -0.05) is 18.2 Å². The molecule has 4 rings (SSSR count). The number of nitrogens with one attached hydrogen (secondary N) is 1. The summed E-state index contributed by atoms with van der Waals surface area (Å²) in [6, 6.07) is 12.5. The highest BCUT2D eigenvalue weighted by Gasteiger charge is 2.14. The summed E-state index contributed by atoms with van der Waals surface area (Å²) >= 11 is 0. The number of fused-ring (bicyclic) bond motifs is 1. The summed E-state index contributed by atoms with van der Waals surface area (Å²) < 4.78 is 10.8. The Kier molecular flexibility index (Phi) is 4.02. The number of nitrogens with zero attached hydrogens (tertiary/aromatic N) is 1. The highest BCUT2D eigenvalue weighted by atomic mass is 16.5. The Labute approximate surface area is 148 Å². The molecule has 4 aromatic rings. The Balaban J connectivity index is 1.92. The third-order valence-electron chi connectivity index (χ3n) is 4.27. The molecule has 130 valence electrons. The van der Waals surface area contributed by atoms with E-state index in [1.54, 1.807) is 31.5 Å². The van der Waals surface area contributed by atoms with Crippen LogP contribution < -0.4 is 10.2 Å². The van der Waals surface area contributed by atoms with E-state index in [9.17, 15) is 9.90 Å². The second-order valence-electron chi connectivity index (χ2n) is 5.87. The monoisotopic (exact) mass is 348 g/mol. The highest BCUT2D eigenvalue weighted by molar-refractivity contribution is 5.88. The summed E-state index contributed by atoms with van der Waals surface area (Å²) in [4.78, 5) is 19.9. The van der Waals surface area contributed by atoms with E-state index in [1.807, 2.05) is 24.3 Å². The molecule has 0 fully saturated rings. The first-order valence-corrected chi connectivity index (χ1v) is 8.03. The summed E-state index contributed by atoms with van der Waals surface area (Å²) in [5.41, 5.74) is 3.48. The molecule has 2 aromatic heterocycles. The average Bonchev–Trinajstić information content (AvgIpc) is 3.21. The smallest absolute Gasteiger partial charge is 0.190 e. The van der Waals surface area contributed by atoms with Crippen molar-refractivity contribution in [3.8, 4) is 28.3 Å². The second kappa shape index (κ2) is 6.50. The number of rotatable bonds is 4. The zero-order valence-electron chi connectivity index (χ0n) is 14.0. The minimum atomic E-state index is -0.119. The van der Waals surface area contributed by atoms with Gasteiger partial charge in [0.2, 0.25) is 0 Å². The predicted octanol–water partition coefficient (Wildman–Crippen LogP) is 3.35. The fourth-order valence-electron chi connectivity index (χ4n) is 2.98. The molecule has 0 amide bonds. The van der Waals surface area contributed by atoms with Crippen LogP contribution in [0.1, 0.15) is 5.56 Å². The Bertz CT molecular complexity index is 1130. The summed E-state index contributed by atoms with van der Waals surface area (Å²) in [7, 11) is 1.56. The largest absolute Gasteiger partial charge is 0.496 e. The van der Waals surface area contributed by atoms with E-state index >= 15 is 0 Å². The van der Waals surface area contributed by atoms with Crippen LogP contribution in [0.5, 0.6) is 5.75 Å². The predicted molar refractivity (Wildman–Crippen MR) is 98.0 cm³/mol. The van der Waals surface area contributed by atoms with Crippen LogP contribution in [0.2, 0.25) is 0 Å². The third-order valence-corrected chi connectivity index (χ3v) is 4.27. The molecule has 0 spiro atoms. The molecule has 2 aromatic carbocycles. The van der Waals surface area contributed by atoms with E-state index in [2.05, 4.69) is 9.97 Å². The van der Waals surface area contributed by atoms with Crippen LogP contribution in [0.3, 0.4) is 0 Å². The van der Waals surface area contributed by atoms with Gasteiger partial charge in [-0.2, -0.15) is 0 Å². The van der Waals surface area contributed by atoms with Gasteiger partial charge in [0.25, 0.3) is 0 Å². The standard InChI is InChI=1S/C20H16N2O4/c1-25-19-8-17-14(6-15(19)20-9-21-11-26-20)18(24)7-16(22-17)13-4-2-3-12(5-13)10-23/h2-9,11,23H,10H2,1H3,(H,22,24). The minimum absolute atomic E-state index is 0.0555. The first kappa shape index (κ1) is 16.1. The van der Waals surface area contributed by atoms with Crippen LogP contribution in [0.15, 0.2) is 64.3 Å². The molecule has 0 aliphatic rings. The summed E-state index contributed by atoms with van der Waals surface area (Å²) in [5, 5.41) is 9.85. The first-order chi connectivity index (χ1) is 12.7. The second-order valence-corrected chi connectivity index (χ2v) is 5.87. The first-order valence-electron chi connectivity index (χ1n) is 8.03. The van der Waals surface area contributed by atoms with Gasteiger partial charge in [0.1, 0.15) is 5.75 Å². The molecule has 2 heterocycles. The molecule has 0 aliphatic carbocycles. The van der Waals surface area contributed by atoms with Gasteiger partial charge in [0, 0.05) is 23.2 Å². The van der Waals surface area contributed by atoms with Crippen molar-refractivity contribution in [3.63, 3.8) is 0 Å². The Morgan fingerprint density at radius 1 is 1.23 bits per heavy atom. The number of aromatic nitrogens is 2. The van der Waals surface area contributed by atoms with E-state index in [4.69, 9.17) is 9.15 Å². The molecule has 0 saturated carbocycles. The van der Waals surface area contributed by atoms with Gasteiger partial charge < -0.3 is 19.2 Å². The van der Waals surface area contributed by atoms with E-state index in [-0.39, 0.29) is 12.0 Å². The number of H-pyrrole nitrogens is 1. The molecule has 2 N–H and O–H groups in total. The molecule has 0 atom stereocenters. The lowest BCUT2D eigenvalue weighted by molar-refractivity contribution is 0.282. The van der Waals surface area contributed by atoms with Crippen molar-refractivity contribution >= 4 is 10.9 Å². The van der Waals surface area contributed by atoms with Crippen LogP contribution in [0, 0.1) is 0 Å². The lowest BCUT2D eigenvalue weighted by Gasteiger charge is -2.10. The molecule has 0 saturated heterocycles. The van der Waals surface area contributed by atoms with Crippen molar-refractivity contribution in [2.24, 2.45) is 0 Å². The number of aliphatic hydroxyl groups is 1. The van der Waals surface area contributed by atoms with Gasteiger partial charge in [0.15, 0.2) is 17.6 Å².